The highest BCUT2D eigenvalue weighted by molar-refractivity contribution is 9.10. The Morgan fingerprint density at radius 1 is 1.25 bits per heavy atom. The number of carbonyl (C=O) groups excluding carboxylic acids is 1. The molecule has 5 heteroatoms. The van der Waals surface area contributed by atoms with Gasteiger partial charge in [0.2, 0.25) is 0 Å². The van der Waals surface area contributed by atoms with E-state index in [1.54, 1.807) is 16.8 Å². The molecule has 20 heavy (non-hydrogen) atoms. The lowest BCUT2D eigenvalue weighted by Gasteiger charge is -2.07. The van der Waals surface area contributed by atoms with Gasteiger partial charge in [0.15, 0.2) is 0 Å². The van der Waals surface area contributed by atoms with E-state index in [1.807, 2.05) is 43.3 Å². The average Bonchev–Trinajstić information content (AvgIpc) is 2.89. The van der Waals surface area contributed by atoms with Gasteiger partial charge in [0.25, 0.3) is 5.91 Å². The molecule has 1 aromatic heterocycles. The minimum atomic E-state index is -0.121. The van der Waals surface area contributed by atoms with E-state index >= 15 is 0 Å². The summed E-state index contributed by atoms with van der Waals surface area (Å²) in [6.07, 6.45) is 0. The maximum Gasteiger partial charge on any atom is 0.256 e. The Hall–Kier alpha value is -1.72. The van der Waals surface area contributed by atoms with Crippen molar-refractivity contribution in [1.82, 2.24) is 4.98 Å². The smallest absolute Gasteiger partial charge is 0.256 e. The van der Waals surface area contributed by atoms with Crippen LogP contribution in [0.1, 0.15) is 15.9 Å². The van der Waals surface area contributed by atoms with E-state index in [1.165, 1.54) is 0 Å². The molecule has 3 rings (SSSR count). The molecule has 0 aliphatic heterocycles. The molecule has 0 saturated heterocycles. The Morgan fingerprint density at radius 2 is 2.10 bits per heavy atom. The second kappa shape index (κ2) is 5.34. The number of fused-ring (bicyclic) bond motifs is 1. The summed E-state index contributed by atoms with van der Waals surface area (Å²) in [6, 6.07) is 11.4. The molecule has 3 nitrogen and oxygen atoms in total. The number of halogens is 1. The third-order valence-electron chi connectivity index (χ3n) is 2.96. The van der Waals surface area contributed by atoms with Crippen LogP contribution in [0.2, 0.25) is 0 Å². The molecule has 0 atom stereocenters. The van der Waals surface area contributed by atoms with Crippen molar-refractivity contribution in [2.45, 2.75) is 6.92 Å². The summed E-state index contributed by atoms with van der Waals surface area (Å²) in [5.74, 6) is -0.121. The molecule has 0 spiro atoms. The fourth-order valence-electron chi connectivity index (χ4n) is 1.94. The number of benzene rings is 2. The fraction of sp³-hybridized carbons (Fsp3) is 0.0667. The lowest BCUT2D eigenvalue weighted by molar-refractivity contribution is 0.102. The highest BCUT2D eigenvalue weighted by Gasteiger charge is 2.11. The zero-order valence-electron chi connectivity index (χ0n) is 10.7. The van der Waals surface area contributed by atoms with E-state index in [4.69, 9.17) is 0 Å². The molecular weight excluding hydrogens is 336 g/mol. The normalized spacial score (nSPS) is 10.7. The van der Waals surface area contributed by atoms with Gasteiger partial charge in [-0.15, -0.1) is 11.3 Å². The number of amides is 1. The van der Waals surface area contributed by atoms with E-state index in [0.29, 0.717) is 5.56 Å². The van der Waals surface area contributed by atoms with Crippen LogP contribution >= 0.6 is 27.3 Å². The van der Waals surface area contributed by atoms with Crippen LogP contribution in [-0.2, 0) is 0 Å². The number of hydrogen-bond acceptors (Lipinski definition) is 3. The van der Waals surface area contributed by atoms with Gasteiger partial charge in [-0.05, 0) is 53.2 Å². The summed E-state index contributed by atoms with van der Waals surface area (Å²) in [6.45, 7) is 1.96. The van der Waals surface area contributed by atoms with Crippen molar-refractivity contribution in [3.05, 3.63) is 57.5 Å². The van der Waals surface area contributed by atoms with Gasteiger partial charge < -0.3 is 5.32 Å². The predicted octanol–water partition coefficient (Wildman–Crippen LogP) is 4.62. The molecule has 3 aromatic rings. The molecule has 0 aliphatic rings. The maximum atomic E-state index is 12.3. The first kappa shape index (κ1) is 13.3. The molecule has 2 aromatic carbocycles. The molecule has 0 radical (unpaired) electrons. The summed E-state index contributed by atoms with van der Waals surface area (Å²) in [5, 5.41) is 2.92. The van der Waals surface area contributed by atoms with Crippen molar-refractivity contribution in [3.8, 4) is 0 Å². The Balaban J connectivity index is 1.89. The molecule has 1 amide bonds. The number of thiazole rings is 1. The van der Waals surface area contributed by atoms with Crippen LogP contribution in [0.5, 0.6) is 0 Å². The topological polar surface area (TPSA) is 42.0 Å². The van der Waals surface area contributed by atoms with Gasteiger partial charge in [0.1, 0.15) is 0 Å². The second-order valence-electron chi connectivity index (χ2n) is 4.47. The van der Waals surface area contributed by atoms with E-state index < -0.39 is 0 Å². The highest BCUT2D eigenvalue weighted by Crippen LogP contribution is 2.24. The first-order chi connectivity index (χ1) is 9.63. The number of hydrogen-bond donors (Lipinski definition) is 1. The summed E-state index contributed by atoms with van der Waals surface area (Å²) in [5.41, 5.74) is 5.21. The Labute approximate surface area is 128 Å². The second-order valence-corrected chi connectivity index (χ2v) is 6.21. The van der Waals surface area contributed by atoms with Crippen LogP contribution < -0.4 is 5.32 Å². The Bertz CT molecular complexity index is 797. The summed E-state index contributed by atoms with van der Waals surface area (Å²) in [4.78, 5) is 16.5. The van der Waals surface area contributed by atoms with Gasteiger partial charge in [0.05, 0.1) is 21.3 Å². The highest BCUT2D eigenvalue weighted by atomic mass is 79.9. The summed E-state index contributed by atoms with van der Waals surface area (Å²) in [7, 11) is 0. The molecule has 0 aliphatic carbocycles. The molecule has 100 valence electrons. The van der Waals surface area contributed by atoms with Crippen LogP contribution in [0.15, 0.2) is 46.4 Å². The van der Waals surface area contributed by atoms with Crippen LogP contribution in [0.25, 0.3) is 10.2 Å². The van der Waals surface area contributed by atoms with Crippen LogP contribution in [-0.4, -0.2) is 10.9 Å². The minimum absolute atomic E-state index is 0.121. The van der Waals surface area contributed by atoms with Gasteiger partial charge in [-0.3, -0.25) is 4.79 Å². The number of aryl methyl sites for hydroxylation is 1. The average molecular weight is 347 g/mol. The first-order valence-electron chi connectivity index (χ1n) is 6.04. The zero-order valence-corrected chi connectivity index (χ0v) is 13.1. The third-order valence-corrected chi connectivity index (χ3v) is 4.44. The zero-order chi connectivity index (χ0) is 14.1. The number of carbonyl (C=O) groups is 1. The van der Waals surface area contributed by atoms with E-state index in [0.717, 1.165) is 25.9 Å². The van der Waals surface area contributed by atoms with Crippen LogP contribution in [0.4, 0.5) is 5.69 Å². The minimum Gasteiger partial charge on any atom is -0.322 e. The van der Waals surface area contributed by atoms with Gasteiger partial charge in [-0.2, -0.15) is 0 Å². The van der Waals surface area contributed by atoms with E-state index in [-0.39, 0.29) is 5.91 Å². The molecule has 1 heterocycles. The number of nitrogens with one attached hydrogen (secondary N) is 1. The lowest BCUT2D eigenvalue weighted by atomic mass is 10.1. The Kier molecular flexibility index (Phi) is 3.54. The van der Waals surface area contributed by atoms with Crippen molar-refractivity contribution in [2.75, 3.05) is 5.32 Å². The van der Waals surface area contributed by atoms with Crippen molar-refractivity contribution >= 4 is 49.1 Å². The van der Waals surface area contributed by atoms with Crippen molar-refractivity contribution < 1.29 is 4.79 Å². The fourth-order valence-corrected chi connectivity index (χ4v) is 3.09. The number of nitrogens with zero attached hydrogens (tertiary/aromatic N) is 1. The number of aromatic nitrogens is 1. The van der Waals surface area contributed by atoms with Gasteiger partial charge in [-0.1, -0.05) is 11.6 Å². The molecular formula is C15H11BrN2OS. The monoisotopic (exact) mass is 346 g/mol. The number of rotatable bonds is 2. The molecule has 1 N–H and O–H groups in total. The van der Waals surface area contributed by atoms with Gasteiger partial charge in [-0.25, -0.2) is 4.98 Å². The van der Waals surface area contributed by atoms with E-state index in [9.17, 15) is 4.79 Å². The molecule has 0 saturated carbocycles. The standard InChI is InChI=1S/C15H11BrN2OS/c1-9-2-4-12(16)11(6-9)15(19)18-10-3-5-13-14(7-10)20-8-17-13/h2-8H,1H3,(H,18,19). The molecule has 0 unspecified atom stereocenters. The Morgan fingerprint density at radius 3 is 2.95 bits per heavy atom. The largest absolute Gasteiger partial charge is 0.322 e. The summed E-state index contributed by atoms with van der Waals surface area (Å²) < 4.78 is 1.85. The predicted molar refractivity (Wildman–Crippen MR) is 86.5 cm³/mol. The van der Waals surface area contributed by atoms with Crippen molar-refractivity contribution in [1.29, 1.82) is 0 Å². The summed E-state index contributed by atoms with van der Waals surface area (Å²) >= 11 is 4.97. The van der Waals surface area contributed by atoms with Crippen molar-refractivity contribution in [2.24, 2.45) is 0 Å². The van der Waals surface area contributed by atoms with Crippen LogP contribution in [0.3, 0.4) is 0 Å². The van der Waals surface area contributed by atoms with Gasteiger partial charge >= 0.3 is 0 Å². The van der Waals surface area contributed by atoms with Crippen molar-refractivity contribution in [3.63, 3.8) is 0 Å². The van der Waals surface area contributed by atoms with Crippen LogP contribution in [0, 0.1) is 6.92 Å². The number of anilines is 1. The molecule has 0 bridgehead atoms. The third kappa shape index (κ3) is 2.59. The molecule has 0 fully saturated rings. The lowest BCUT2D eigenvalue weighted by Crippen LogP contribution is -2.12. The van der Waals surface area contributed by atoms with E-state index in [2.05, 4.69) is 26.2 Å². The SMILES string of the molecule is Cc1ccc(Br)c(C(=O)Nc2ccc3ncsc3c2)c1. The maximum absolute atomic E-state index is 12.3. The quantitative estimate of drug-likeness (QED) is 0.735. The first-order valence-corrected chi connectivity index (χ1v) is 7.71. The van der Waals surface area contributed by atoms with Gasteiger partial charge in [0, 0.05) is 10.2 Å².